The van der Waals surface area contributed by atoms with E-state index in [4.69, 9.17) is 4.99 Å². The molecule has 1 aromatic carbocycles. The zero-order chi connectivity index (χ0) is 21.3. The van der Waals surface area contributed by atoms with Crippen LogP contribution in [0.25, 0.3) is 5.57 Å². The molecular weight excluding hydrogens is 386 g/mol. The largest absolute Gasteiger partial charge is 0.380 e. The first-order valence-corrected chi connectivity index (χ1v) is 12.0. The van der Waals surface area contributed by atoms with Gasteiger partial charge in [0.1, 0.15) is 5.84 Å². The van der Waals surface area contributed by atoms with Crippen molar-refractivity contribution < 1.29 is 0 Å². The lowest BCUT2D eigenvalue weighted by Crippen LogP contribution is -2.34. The molecule has 1 aromatic rings. The highest BCUT2D eigenvalue weighted by Crippen LogP contribution is 2.59. The van der Waals surface area contributed by atoms with E-state index in [1.54, 1.807) is 0 Å². The fraction of sp³-hybridized carbons (Fsp3) is 0.500. The highest BCUT2D eigenvalue weighted by atomic mass is 32.1. The molecule has 0 aromatic heterocycles. The average molecular weight is 422 g/mol. The molecule has 1 saturated carbocycles. The van der Waals surface area contributed by atoms with Crippen LogP contribution < -0.4 is 5.32 Å². The van der Waals surface area contributed by atoms with Crippen LogP contribution in [0.5, 0.6) is 0 Å². The van der Waals surface area contributed by atoms with Crippen LogP contribution in [-0.4, -0.2) is 42.7 Å². The van der Waals surface area contributed by atoms with Gasteiger partial charge in [-0.25, -0.2) is 0 Å². The molecule has 0 saturated heterocycles. The second-order valence-electron chi connectivity index (χ2n) is 9.09. The van der Waals surface area contributed by atoms with Crippen LogP contribution in [0.3, 0.4) is 0 Å². The smallest absolute Gasteiger partial charge is 0.123 e. The Balaban J connectivity index is 1.65. The molecule has 30 heavy (non-hydrogen) atoms. The van der Waals surface area contributed by atoms with Gasteiger partial charge in [-0.1, -0.05) is 32.1 Å². The number of hydrogen-bond donors (Lipinski definition) is 2. The Morgan fingerprint density at radius 2 is 2.13 bits per heavy atom. The molecule has 1 N–H and O–H groups in total. The van der Waals surface area contributed by atoms with Crippen molar-refractivity contribution >= 4 is 29.7 Å². The van der Waals surface area contributed by atoms with Gasteiger partial charge >= 0.3 is 0 Å². The van der Waals surface area contributed by atoms with Gasteiger partial charge in [0.15, 0.2) is 0 Å². The third-order valence-electron chi connectivity index (χ3n) is 6.70. The standard InChI is InChI=1S/C26H35N3S/c1-5-9-27-25(29(6-2)10-11-30)14-20-16-26(4)15-19(13-23(20)26)22-17-28-24-12-18(3)7-8-21(22)24/h7-8,12-14,28,30H,5-6,9-11,15-17H2,1-4H3/b20-14+,22-19-,27-25?. The summed E-state index contributed by atoms with van der Waals surface area (Å²) < 4.78 is 0. The topological polar surface area (TPSA) is 27.6 Å². The van der Waals surface area contributed by atoms with Gasteiger partial charge in [0, 0.05) is 48.6 Å². The molecule has 0 radical (unpaired) electrons. The normalized spacial score (nSPS) is 26.2. The predicted octanol–water partition coefficient (Wildman–Crippen LogP) is 5.90. The van der Waals surface area contributed by atoms with E-state index in [0.29, 0.717) is 0 Å². The van der Waals surface area contributed by atoms with Crippen molar-refractivity contribution in [1.82, 2.24) is 4.90 Å². The summed E-state index contributed by atoms with van der Waals surface area (Å²) in [6, 6.07) is 6.79. The molecule has 4 rings (SSSR count). The number of amidine groups is 1. The minimum atomic E-state index is 0.290. The SMILES string of the molecule is CCCN=C(/C=C1\CC2(C)C/C(=C3/CNc4cc(C)ccc43)C=C12)N(CC)CCS. The number of allylic oxidation sites excluding steroid dienone is 4. The van der Waals surface area contributed by atoms with Gasteiger partial charge < -0.3 is 10.2 Å². The fourth-order valence-electron chi connectivity index (χ4n) is 5.09. The number of thiol groups is 1. The molecule has 3 aliphatic rings. The number of aliphatic imine (C=N–C) groups is 1. The second kappa shape index (κ2) is 8.66. The van der Waals surface area contributed by atoms with Crippen molar-refractivity contribution in [2.45, 2.75) is 47.0 Å². The Morgan fingerprint density at radius 3 is 2.87 bits per heavy atom. The highest BCUT2D eigenvalue weighted by molar-refractivity contribution is 7.80. The van der Waals surface area contributed by atoms with E-state index >= 15 is 0 Å². The number of fused-ring (bicyclic) bond motifs is 2. The maximum atomic E-state index is 4.91. The zero-order valence-corrected chi connectivity index (χ0v) is 19.8. The minimum Gasteiger partial charge on any atom is -0.380 e. The molecule has 0 bridgehead atoms. The van der Waals surface area contributed by atoms with Crippen molar-refractivity contribution in [3.63, 3.8) is 0 Å². The Bertz CT molecular complexity index is 953. The molecule has 1 atom stereocenters. The molecule has 3 nitrogen and oxygen atoms in total. The van der Waals surface area contributed by atoms with Gasteiger partial charge in [-0.05, 0) is 73.1 Å². The van der Waals surface area contributed by atoms with Crippen molar-refractivity contribution in [1.29, 1.82) is 0 Å². The third-order valence-corrected chi connectivity index (χ3v) is 6.90. The highest BCUT2D eigenvalue weighted by Gasteiger charge is 2.46. The molecular formula is C26H35N3S. The van der Waals surface area contributed by atoms with E-state index in [1.807, 2.05) is 0 Å². The number of hydrogen-bond acceptors (Lipinski definition) is 3. The predicted molar refractivity (Wildman–Crippen MR) is 134 cm³/mol. The van der Waals surface area contributed by atoms with E-state index in [-0.39, 0.29) is 5.41 Å². The summed E-state index contributed by atoms with van der Waals surface area (Å²) in [5.74, 6) is 1.99. The molecule has 1 unspecified atom stereocenters. The summed E-state index contributed by atoms with van der Waals surface area (Å²) in [7, 11) is 0. The summed E-state index contributed by atoms with van der Waals surface area (Å²) in [5.41, 5.74) is 10.3. The monoisotopic (exact) mass is 421 g/mol. The van der Waals surface area contributed by atoms with Crippen LogP contribution in [0.4, 0.5) is 5.69 Å². The van der Waals surface area contributed by atoms with Gasteiger partial charge in [-0.2, -0.15) is 12.6 Å². The van der Waals surface area contributed by atoms with E-state index in [9.17, 15) is 0 Å². The van der Waals surface area contributed by atoms with Gasteiger partial charge in [-0.3, -0.25) is 4.99 Å². The zero-order valence-electron chi connectivity index (χ0n) is 18.9. The molecule has 1 fully saturated rings. The fourth-order valence-corrected chi connectivity index (χ4v) is 5.33. The summed E-state index contributed by atoms with van der Waals surface area (Å²) in [5, 5.41) is 3.60. The molecule has 0 spiro atoms. The number of nitrogens with one attached hydrogen (secondary N) is 1. The summed E-state index contributed by atoms with van der Waals surface area (Å²) in [6.07, 6.45) is 8.21. The van der Waals surface area contributed by atoms with Gasteiger partial charge in [0.05, 0.1) is 0 Å². The first-order chi connectivity index (χ1) is 14.5. The van der Waals surface area contributed by atoms with Crippen LogP contribution in [-0.2, 0) is 0 Å². The Morgan fingerprint density at radius 1 is 1.30 bits per heavy atom. The lowest BCUT2D eigenvalue weighted by atomic mass is 9.63. The van der Waals surface area contributed by atoms with Gasteiger partial charge in [-0.15, -0.1) is 0 Å². The van der Waals surface area contributed by atoms with Gasteiger partial charge in [0.2, 0.25) is 0 Å². The summed E-state index contributed by atoms with van der Waals surface area (Å²) >= 11 is 4.45. The van der Waals surface area contributed by atoms with E-state index in [1.165, 1.54) is 39.1 Å². The quantitative estimate of drug-likeness (QED) is 0.340. The third kappa shape index (κ3) is 3.87. The minimum absolute atomic E-state index is 0.290. The molecule has 1 aliphatic heterocycles. The molecule has 0 amide bonds. The van der Waals surface area contributed by atoms with Crippen LogP contribution in [0.1, 0.15) is 51.2 Å². The maximum Gasteiger partial charge on any atom is 0.123 e. The van der Waals surface area contributed by atoms with Crippen LogP contribution >= 0.6 is 12.6 Å². The first-order valence-electron chi connectivity index (χ1n) is 11.4. The summed E-state index contributed by atoms with van der Waals surface area (Å²) in [4.78, 5) is 7.27. The van der Waals surface area contributed by atoms with Crippen molar-refractivity contribution in [2.24, 2.45) is 10.4 Å². The lowest BCUT2D eigenvalue weighted by Gasteiger charge is -2.41. The van der Waals surface area contributed by atoms with Crippen molar-refractivity contribution in [3.05, 3.63) is 58.2 Å². The lowest BCUT2D eigenvalue weighted by molar-refractivity contribution is 0.354. The van der Waals surface area contributed by atoms with Crippen LogP contribution in [0.15, 0.2) is 52.1 Å². The molecule has 160 valence electrons. The Labute approximate surface area is 187 Å². The summed E-state index contributed by atoms with van der Waals surface area (Å²) in [6.45, 7) is 12.7. The molecule has 4 heteroatoms. The number of aryl methyl sites for hydroxylation is 1. The van der Waals surface area contributed by atoms with Crippen molar-refractivity contribution in [2.75, 3.05) is 37.2 Å². The number of benzene rings is 1. The second-order valence-corrected chi connectivity index (χ2v) is 9.54. The molecule has 1 heterocycles. The molecule has 2 aliphatic carbocycles. The maximum absolute atomic E-state index is 4.91. The first kappa shape index (κ1) is 21.3. The number of rotatable bonds is 6. The van der Waals surface area contributed by atoms with E-state index in [0.717, 1.165) is 57.0 Å². The van der Waals surface area contributed by atoms with Gasteiger partial charge in [0.25, 0.3) is 0 Å². The Hall–Kier alpha value is -1.94. The van der Waals surface area contributed by atoms with Crippen molar-refractivity contribution in [3.8, 4) is 0 Å². The van der Waals surface area contributed by atoms with Crippen LogP contribution in [0, 0.1) is 12.3 Å². The average Bonchev–Trinajstić information content (AvgIpc) is 3.25. The van der Waals surface area contributed by atoms with E-state index in [2.05, 4.69) is 80.9 Å². The van der Waals surface area contributed by atoms with Crippen LogP contribution in [0.2, 0.25) is 0 Å². The number of nitrogens with zero attached hydrogens (tertiary/aromatic N) is 2. The number of likely N-dealkylation sites (N-methyl/N-ethyl adjacent to an activating group) is 1. The van der Waals surface area contributed by atoms with E-state index < -0.39 is 0 Å². The number of anilines is 1. The Kier molecular flexibility index (Phi) is 6.15.